The molecule has 1 atom stereocenters. The smallest absolute Gasteiger partial charge is 0.340 e. The van der Waals surface area contributed by atoms with Crippen LogP contribution in [-0.4, -0.2) is 17.9 Å². The van der Waals surface area contributed by atoms with Crippen LogP contribution in [0.5, 0.6) is 0 Å². The summed E-state index contributed by atoms with van der Waals surface area (Å²) in [6.45, 7) is 3.49. The van der Waals surface area contributed by atoms with E-state index < -0.39 is 11.9 Å². The minimum absolute atomic E-state index is 0.285. The van der Waals surface area contributed by atoms with Crippen LogP contribution in [0, 0.1) is 0 Å². The number of carbonyl (C=O) groups is 1. The van der Waals surface area contributed by atoms with Gasteiger partial charge in [0.05, 0.1) is 0 Å². The number of carbonyl (C=O) groups excluding carboxylic acids is 1. The maximum atomic E-state index is 11.6. The highest BCUT2D eigenvalue weighted by atomic mass is 16.8. The van der Waals surface area contributed by atoms with Gasteiger partial charge >= 0.3 is 5.97 Å². The largest absolute Gasteiger partial charge is 0.429 e. The molecule has 2 aliphatic rings. The number of rotatable bonds is 1. The Bertz CT molecular complexity index is 528. The van der Waals surface area contributed by atoms with E-state index in [1.165, 1.54) is 11.1 Å². The SMILES string of the molecule is CC1(C)OC(C2=Cc3ccccc3CC2)OC1=O. The number of fused-ring (bicyclic) bond motifs is 1. The molecule has 0 bridgehead atoms. The molecule has 1 aromatic rings. The van der Waals surface area contributed by atoms with Crippen LogP contribution in [0.25, 0.3) is 6.08 Å². The van der Waals surface area contributed by atoms with Gasteiger partial charge in [0.25, 0.3) is 0 Å². The van der Waals surface area contributed by atoms with Crippen molar-refractivity contribution in [3.63, 3.8) is 0 Å². The van der Waals surface area contributed by atoms with Crippen LogP contribution in [-0.2, 0) is 20.7 Å². The summed E-state index contributed by atoms with van der Waals surface area (Å²) >= 11 is 0. The zero-order valence-electron chi connectivity index (χ0n) is 10.6. The van der Waals surface area contributed by atoms with Gasteiger partial charge in [0, 0.05) is 0 Å². The molecular weight excluding hydrogens is 228 g/mol. The van der Waals surface area contributed by atoms with Gasteiger partial charge < -0.3 is 9.47 Å². The number of esters is 1. The maximum Gasteiger partial charge on any atom is 0.340 e. The second kappa shape index (κ2) is 3.95. The lowest BCUT2D eigenvalue weighted by Gasteiger charge is -2.20. The molecule has 1 aliphatic heterocycles. The van der Waals surface area contributed by atoms with E-state index in [1.54, 1.807) is 13.8 Å². The van der Waals surface area contributed by atoms with Gasteiger partial charge in [-0.2, -0.15) is 0 Å². The van der Waals surface area contributed by atoms with E-state index in [2.05, 4.69) is 18.2 Å². The van der Waals surface area contributed by atoms with E-state index in [0.29, 0.717) is 0 Å². The van der Waals surface area contributed by atoms with Crippen molar-refractivity contribution in [1.29, 1.82) is 0 Å². The summed E-state index contributed by atoms with van der Waals surface area (Å²) in [5.74, 6) is -0.285. The first-order chi connectivity index (χ1) is 8.56. The van der Waals surface area contributed by atoms with E-state index in [9.17, 15) is 4.79 Å². The molecule has 1 fully saturated rings. The molecule has 0 spiro atoms. The predicted molar refractivity (Wildman–Crippen MR) is 67.8 cm³/mol. The Morgan fingerprint density at radius 2 is 2.00 bits per heavy atom. The average Bonchev–Trinajstić information content (AvgIpc) is 2.63. The fourth-order valence-corrected chi connectivity index (χ4v) is 2.37. The van der Waals surface area contributed by atoms with Gasteiger partial charge in [0.1, 0.15) is 0 Å². The van der Waals surface area contributed by atoms with Crippen molar-refractivity contribution >= 4 is 12.0 Å². The fourth-order valence-electron chi connectivity index (χ4n) is 2.37. The first-order valence-corrected chi connectivity index (χ1v) is 6.23. The van der Waals surface area contributed by atoms with Gasteiger partial charge in [0.2, 0.25) is 6.29 Å². The molecule has 0 N–H and O–H groups in total. The summed E-state index contributed by atoms with van der Waals surface area (Å²) in [6, 6.07) is 8.28. The normalized spacial score (nSPS) is 25.3. The van der Waals surface area contributed by atoms with E-state index in [4.69, 9.17) is 9.47 Å². The molecule has 0 saturated carbocycles. The molecule has 0 aromatic heterocycles. The van der Waals surface area contributed by atoms with Crippen molar-refractivity contribution < 1.29 is 14.3 Å². The molecule has 1 heterocycles. The van der Waals surface area contributed by atoms with Gasteiger partial charge in [-0.1, -0.05) is 24.3 Å². The van der Waals surface area contributed by atoms with Crippen LogP contribution in [0.3, 0.4) is 0 Å². The Morgan fingerprint density at radius 3 is 2.72 bits per heavy atom. The van der Waals surface area contributed by atoms with E-state index in [1.807, 2.05) is 12.1 Å². The van der Waals surface area contributed by atoms with Crippen LogP contribution in [0.2, 0.25) is 0 Å². The van der Waals surface area contributed by atoms with E-state index >= 15 is 0 Å². The zero-order valence-corrected chi connectivity index (χ0v) is 10.6. The molecule has 3 nitrogen and oxygen atoms in total. The second-order valence-corrected chi connectivity index (χ2v) is 5.28. The third-order valence-electron chi connectivity index (χ3n) is 3.49. The Balaban J connectivity index is 1.88. The Hall–Kier alpha value is -1.61. The molecule has 0 amide bonds. The maximum absolute atomic E-state index is 11.6. The van der Waals surface area contributed by atoms with Crippen LogP contribution in [0.15, 0.2) is 29.8 Å². The van der Waals surface area contributed by atoms with Gasteiger partial charge in [0.15, 0.2) is 5.60 Å². The van der Waals surface area contributed by atoms with Gasteiger partial charge in [-0.05, 0) is 49.5 Å². The first kappa shape index (κ1) is 11.5. The van der Waals surface area contributed by atoms with Crippen molar-refractivity contribution in [3.05, 3.63) is 41.0 Å². The highest BCUT2D eigenvalue weighted by Gasteiger charge is 2.44. The van der Waals surface area contributed by atoms with Crippen LogP contribution in [0.1, 0.15) is 31.4 Å². The van der Waals surface area contributed by atoms with Gasteiger partial charge in [-0.15, -0.1) is 0 Å². The van der Waals surface area contributed by atoms with Crippen molar-refractivity contribution in [1.82, 2.24) is 0 Å². The number of benzene rings is 1. The van der Waals surface area contributed by atoms with Crippen LogP contribution >= 0.6 is 0 Å². The van der Waals surface area contributed by atoms with Crippen molar-refractivity contribution in [2.45, 2.75) is 38.6 Å². The summed E-state index contributed by atoms with van der Waals surface area (Å²) in [6.07, 6.45) is 3.42. The van der Waals surface area contributed by atoms with Crippen molar-refractivity contribution in [2.75, 3.05) is 0 Å². The molecule has 3 heteroatoms. The highest BCUT2D eigenvalue weighted by molar-refractivity contribution is 5.80. The third-order valence-corrected chi connectivity index (χ3v) is 3.49. The number of hydrogen-bond acceptors (Lipinski definition) is 3. The molecule has 18 heavy (non-hydrogen) atoms. The summed E-state index contributed by atoms with van der Waals surface area (Å²) < 4.78 is 11.0. The first-order valence-electron chi connectivity index (χ1n) is 6.23. The number of ether oxygens (including phenoxy) is 2. The molecule has 1 aliphatic carbocycles. The van der Waals surface area contributed by atoms with E-state index in [0.717, 1.165) is 18.4 Å². The molecule has 1 saturated heterocycles. The van der Waals surface area contributed by atoms with E-state index in [-0.39, 0.29) is 5.97 Å². The number of hydrogen-bond donors (Lipinski definition) is 0. The zero-order chi connectivity index (χ0) is 12.8. The van der Waals surface area contributed by atoms with Crippen molar-refractivity contribution in [2.24, 2.45) is 0 Å². The minimum atomic E-state index is -0.831. The molecule has 3 rings (SSSR count). The number of aryl methyl sites for hydroxylation is 1. The Kier molecular flexibility index (Phi) is 2.52. The summed E-state index contributed by atoms with van der Waals surface area (Å²) in [5, 5.41) is 0. The lowest BCUT2D eigenvalue weighted by molar-refractivity contribution is -0.143. The molecular formula is C15H16O3. The minimum Gasteiger partial charge on any atom is -0.429 e. The van der Waals surface area contributed by atoms with Crippen LogP contribution in [0.4, 0.5) is 0 Å². The topological polar surface area (TPSA) is 35.5 Å². The predicted octanol–water partition coefficient (Wildman–Crippen LogP) is 2.69. The summed E-state index contributed by atoms with van der Waals surface area (Å²) in [7, 11) is 0. The standard InChI is InChI=1S/C15H16O3/c1-15(2)14(16)17-13(18-15)12-8-7-10-5-3-4-6-11(10)9-12/h3-6,9,13H,7-8H2,1-2H3. The quantitative estimate of drug-likeness (QED) is 0.712. The monoisotopic (exact) mass is 244 g/mol. The van der Waals surface area contributed by atoms with Gasteiger partial charge in [-0.25, -0.2) is 4.79 Å². The fraction of sp³-hybridized carbons (Fsp3) is 0.400. The second-order valence-electron chi connectivity index (χ2n) is 5.28. The Labute approximate surface area is 106 Å². The average molecular weight is 244 g/mol. The lowest BCUT2D eigenvalue weighted by Crippen LogP contribution is -2.28. The highest BCUT2D eigenvalue weighted by Crippen LogP contribution is 2.33. The van der Waals surface area contributed by atoms with Gasteiger partial charge in [-0.3, -0.25) is 0 Å². The lowest BCUT2D eigenvalue weighted by atomic mass is 9.92. The van der Waals surface area contributed by atoms with Crippen molar-refractivity contribution in [3.8, 4) is 0 Å². The molecule has 1 aromatic carbocycles. The molecule has 94 valence electrons. The summed E-state index contributed by atoms with van der Waals surface area (Å²) in [4.78, 5) is 11.6. The summed E-state index contributed by atoms with van der Waals surface area (Å²) in [5.41, 5.74) is 2.75. The molecule has 1 unspecified atom stereocenters. The Morgan fingerprint density at radius 1 is 1.22 bits per heavy atom. The van der Waals surface area contributed by atoms with Crippen LogP contribution < -0.4 is 0 Å². The molecule has 0 radical (unpaired) electrons. The number of cyclic esters (lactones) is 1. The third kappa shape index (κ3) is 1.85.